The fraction of sp³-hybridized carbons (Fsp3) is 0.857. The third-order valence-corrected chi connectivity index (χ3v) is 4.59. The molecule has 106 valence electrons. The molecule has 19 heavy (non-hydrogen) atoms. The molecule has 1 aromatic rings. The fourth-order valence-electron chi connectivity index (χ4n) is 3.64. The van der Waals surface area contributed by atoms with Crippen molar-refractivity contribution in [2.75, 3.05) is 13.1 Å². The first-order valence-corrected chi connectivity index (χ1v) is 7.66. The van der Waals surface area contributed by atoms with Gasteiger partial charge in [-0.25, -0.2) is 0 Å². The van der Waals surface area contributed by atoms with Crippen molar-refractivity contribution in [2.24, 2.45) is 5.92 Å². The largest absolute Gasteiger partial charge is 0.340 e. The SMILES string of the molecule is c1noc(CCNC2CCCCC2C2CCCN2)n1. The molecule has 1 saturated heterocycles. The molecule has 0 radical (unpaired) electrons. The van der Waals surface area contributed by atoms with E-state index in [1.807, 2.05) is 0 Å². The van der Waals surface area contributed by atoms with Gasteiger partial charge in [0.2, 0.25) is 5.89 Å². The van der Waals surface area contributed by atoms with Crippen LogP contribution in [0.3, 0.4) is 0 Å². The van der Waals surface area contributed by atoms with Gasteiger partial charge in [0.15, 0.2) is 6.33 Å². The average Bonchev–Trinajstić information content (AvgIpc) is 3.12. The molecule has 2 heterocycles. The standard InChI is InChI=1S/C14H24N4O/c1-2-5-12(11(4-1)13-6-3-8-15-13)16-9-7-14-17-10-18-19-14/h10-13,15-16H,1-9H2. The Balaban J connectivity index is 1.49. The lowest BCUT2D eigenvalue weighted by Gasteiger charge is -2.36. The van der Waals surface area contributed by atoms with Crippen molar-refractivity contribution < 1.29 is 4.52 Å². The molecule has 5 nitrogen and oxygen atoms in total. The van der Waals surface area contributed by atoms with E-state index >= 15 is 0 Å². The topological polar surface area (TPSA) is 63.0 Å². The molecule has 0 spiro atoms. The van der Waals surface area contributed by atoms with Crippen molar-refractivity contribution >= 4 is 0 Å². The quantitative estimate of drug-likeness (QED) is 0.844. The van der Waals surface area contributed by atoms with E-state index in [4.69, 9.17) is 4.52 Å². The van der Waals surface area contributed by atoms with E-state index in [0.717, 1.165) is 30.8 Å². The Labute approximate surface area is 114 Å². The van der Waals surface area contributed by atoms with Crippen LogP contribution in [-0.2, 0) is 6.42 Å². The summed E-state index contributed by atoms with van der Waals surface area (Å²) < 4.78 is 5.04. The van der Waals surface area contributed by atoms with Crippen LogP contribution in [-0.4, -0.2) is 35.3 Å². The molecular formula is C14H24N4O. The van der Waals surface area contributed by atoms with Gasteiger partial charge in [-0.05, 0) is 38.1 Å². The minimum atomic E-state index is 0.660. The summed E-state index contributed by atoms with van der Waals surface area (Å²) >= 11 is 0. The molecule has 2 aliphatic rings. The third-order valence-electron chi connectivity index (χ3n) is 4.59. The molecule has 3 unspecified atom stereocenters. The Morgan fingerprint density at radius 1 is 1.26 bits per heavy atom. The Morgan fingerprint density at radius 2 is 2.21 bits per heavy atom. The van der Waals surface area contributed by atoms with Crippen LogP contribution in [0.15, 0.2) is 10.9 Å². The Kier molecular flexibility index (Phi) is 4.45. The van der Waals surface area contributed by atoms with Crippen molar-refractivity contribution in [3.8, 4) is 0 Å². The van der Waals surface area contributed by atoms with Crippen LogP contribution in [0, 0.1) is 5.92 Å². The van der Waals surface area contributed by atoms with Gasteiger partial charge < -0.3 is 15.2 Å². The molecule has 1 saturated carbocycles. The van der Waals surface area contributed by atoms with Crippen LogP contribution in [0.4, 0.5) is 0 Å². The normalized spacial score (nSPS) is 31.7. The van der Waals surface area contributed by atoms with Gasteiger partial charge in [0, 0.05) is 25.0 Å². The molecule has 0 bridgehead atoms. The van der Waals surface area contributed by atoms with Crippen molar-refractivity contribution in [3.05, 3.63) is 12.2 Å². The molecule has 2 fully saturated rings. The van der Waals surface area contributed by atoms with Crippen molar-refractivity contribution in [2.45, 2.75) is 57.0 Å². The number of nitrogens with zero attached hydrogens (tertiary/aromatic N) is 2. The molecule has 0 aromatic carbocycles. The number of aromatic nitrogens is 2. The van der Waals surface area contributed by atoms with Gasteiger partial charge in [-0.2, -0.15) is 4.98 Å². The number of hydrogen-bond acceptors (Lipinski definition) is 5. The highest BCUT2D eigenvalue weighted by atomic mass is 16.5. The van der Waals surface area contributed by atoms with Gasteiger partial charge in [0.25, 0.3) is 0 Å². The van der Waals surface area contributed by atoms with E-state index in [2.05, 4.69) is 20.8 Å². The summed E-state index contributed by atoms with van der Waals surface area (Å²) in [6.45, 7) is 2.14. The zero-order valence-corrected chi connectivity index (χ0v) is 11.5. The van der Waals surface area contributed by atoms with Gasteiger partial charge >= 0.3 is 0 Å². The summed E-state index contributed by atoms with van der Waals surface area (Å²) in [5, 5.41) is 11.0. The second-order valence-corrected chi connectivity index (χ2v) is 5.80. The smallest absolute Gasteiger partial charge is 0.227 e. The van der Waals surface area contributed by atoms with Crippen LogP contribution >= 0.6 is 0 Å². The molecule has 5 heteroatoms. The van der Waals surface area contributed by atoms with E-state index in [9.17, 15) is 0 Å². The summed E-state index contributed by atoms with van der Waals surface area (Å²) in [6, 6.07) is 1.40. The Bertz CT molecular complexity index is 362. The zero-order chi connectivity index (χ0) is 12.9. The summed E-state index contributed by atoms with van der Waals surface area (Å²) in [6.07, 6.45) is 10.4. The van der Waals surface area contributed by atoms with Crippen LogP contribution in [0.5, 0.6) is 0 Å². The van der Waals surface area contributed by atoms with E-state index < -0.39 is 0 Å². The predicted molar refractivity (Wildman–Crippen MR) is 72.8 cm³/mol. The van der Waals surface area contributed by atoms with E-state index in [1.165, 1.54) is 51.4 Å². The molecular weight excluding hydrogens is 240 g/mol. The monoisotopic (exact) mass is 264 g/mol. The Morgan fingerprint density at radius 3 is 3.00 bits per heavy atom. The van der Waals surface area contributed by atoms with Crippen LogP contribution in [0.2, 0.25) is 0 Å². The van der Waals surface area contributed by atoms with Crippen LogP contribution < -0.4 is 10.6 Å². The van der Waals surface area contributed by atoms with Gasteiger partial charge in [-0.1, -0.05) is 18.0 Å². The molecule has 1 aromatic heterocycles. The van der Waals surface area contributed by atoms with Crippen molar-refractivity contribution in [1.29, 1.82) is 0 Å². The third kappa shape index (κ3) is 3.34. The minimum Gasteiger partial charge on any atom is -0.340 e. The molecule has 1 aliphatic carbocycles. The molecule has 1 aliphatic heterocycles. The summed E-state index contributed by atoms with van der Waals surface area (Å²) in [7, 11) is 0. The maximum atomic E-state index is 5.04. The van der Waals surface area contributed by atoms with Gasteiger partial charge in [0.05, 0.1) is 0 Å². The number of hydrogen-bond donors (Lipinski definition) is 2. The highest BCUT2D eigenvalue weighted by Gasteiger charge is 2.32. The maximum absolute atomic E-state index is 5.04. The van der Waals surface area contributed by atoms with E-state index in [1.54, 1.807) is 0 Å². The fourth-order valence-corrected chi connectivity index (χ4v) is 3.64. The first-order valence-electron chi connectivity index (χ1n) is 7.66. The highest BCUT2D eigenvalue weighted by Crippen LogP contribution is 2.30. The molecule has 2 N–H and O–H groups in total. The number of rotatable bonds is 5. The summed E-state index contributed by atoms with van der Waals surface area (Å²) in [5.41, 5.74) is 0. The lowest BCUT2D eigenvalue weighted by molar-refractivity contribution is 0.214. The van der Waals surface area contributed by atoms with Gasteiger partial charge in [-0.3, -0.25) is 0 Å². The first-order chi connectivity index (χ1) is 9.43. The first kappa shape index (κ1) is 13.1. The molecule has 3 rings (SSSR count). The predicted octanol–water partition coefficient (Wildman–Crippen LogP) is 1.51. The van der Waals surface area contributed by atoms with Crippen LogP contribution in [0.1, 0.15) is 44.4 Å². The average molecular weight is 264 g/mol. The lowest BCUT2D eigenvalue weighted by Crippen LogP contribution is -2.47. The highest BCUT2D eigenvalue weighted by molar-refractivity contribution is 4.92. The summed E-state index contributed by atoms with van der Waals surface area (Å²) in [5.74, 6) is 1.54. The second kappa shape index (κ2) is 6.48. The lowest BCUT2D eigenvalue weighted by atomic mass is 9.79. The van der Waals surface area contributed by atoms with Crippen molar-refractivity contribution in [1.82, 2.24) is 20.8 Å². The van der Waals surface area contributed by atoms with Crippen molar-refractivity contribution in [3.63, 3.8) is 0 Å². The Hall–Kier alpha value is -0.940. The number of nitrogens with one attached hydrogen (secondary N) is 2. The molecule has 3 atom stereocenters. The summed E-state index contributed by atoms with van der Waals surface area (Å²) in [4.78, 5) is 4.07. The van der Waals surface area contributed by atoms with E-state index in [-0.39, 0.29) is 0 Å². The van der Waals surface area contributed by atoms with Gasteiger partial charge in [0.1, 0.15) is 0 Å². The second-order valence-electron chi connectivity index (χ2n) is 5.80. The molecule has 0 amide bonds. The zero-order valence-electron chi connectivity index (χ0n) is 11.5. The van der Waals surface area contributed by atoms with E-state index in [0.29, 0.717) is 6.04 Å². The minimum absolute atomic E-state index is 0.660. The maximum Gasteiger partial charge on any atom is 0.227 e. The van der Waals surface area contributed by atoms with Crippen LogP contribution in [0.25, 0.3) is 0 Å². The van der Waals surface area contributed by atoms with Gasteiger partial charge in [-0.15, -0.1) is 0 Å².